The highest BCUT2D eigenvalue weighted by Gasteiger charge is 2.06. The predicted molar refractivity (Wildman–Crippen MR) is 80.7 cm³/mol. The van der Waals surface area contributed by atoms with Gasteiger partial charge in [0, 0.05) is 25.3 Å². The van der Waals surface area contributed by atoms with Crippen LogP contribution in [0.15, 0.2) is 42.5 Å². The lowest BCUT2D eigenvalue weighted by molar-refractivity contribution is 0.417. The van der Waals surface area contributed by atoms with Crippen LogP contribution in [0.2, 0.25) is 0 Å². The fourth-order valence-corrected chi connectivity index (χ4v) is 2.00. The van der Waals surface area contributed by atoms with Gasteiger partial charge in [0.25, 0.3) is 0 Å². The first-order valence-electron chi connectivity index (χ1n) is 6.30. The molecule has 0 radical (unpaired) electrons. The highest BCUT2D eigenvalue weighted by atomic mass is 16.5. The van der Waals surface area contributed by atoms with Crippen molar-refractivity contribution in [3.63, 3.8) is 0 Å². The normalized spacial score (nSPS) is 10.3. The first-order valence-corrected chi connectivity index (χ1v) is 6.30. The van der Waals surface area contributed by atoms with Crippen molar-refractivity contribution in [2.45, 2.75) is 13.5 Å². The lowest BCUT2D eigenvalue weighted by Crippen LogP contribution is -2.16. The Balaban J connectivity index is 2.15. The zero-order valence-corrected chi connectivity index (χ0v) is 11.7. The zero-order chi connectivity index (χ0) is 13.8. The van der Waals surface area contributed by atoms with E-state index in [9.17, 15) is 0 Å². The number of benzene rings is 2. The van der Waals surface area contributed by atoms with Crippen LogP contribution in [0.4, 0.5) is 11.4 Å². The average Bonchev–Trinajstić information content (AvgIpc) is 2.42. The lowest BCUT2D eigenvalue weighted by Gasteiger charge is -2.20. The summed E-state index contributed by atoms with van der Waals surface area (Å²) in [6.45, 7) is 2.95. The van der Waals surface area contributed by atoms with E-state index in [2.05, 4.69) is 43.1 Å². The molecule has 0 aliphatic carbocycles. The van der Waals surface area contributed by atoms with Crippen LogP contribution in [0.3, 0.4) is 0 Å². The minimum absolute atomic E-state index is 0.662. The first kappa shape index (κ1) is 13.3. The molecule has 0 saturated heterocycles. The Morgan fingerprint density at radius 1 is 1.11 bits per heavy atom. The molecule has 3 nitrogen and oxygen atoms in total. The van der Waals surface area contributed by atoms with E-state index in [4.69, 9.17) is 10.5 Å². The third-order valence-electron chi connectivity index (χ3n) is 3.20. The van der Waals surface area contributed by atoms with E-state index in [-0.39, 0.29) is 0 Å². The van der Waals surface area contributed by atoms with Gasteiger partial charge in [-0.2, -0.15) is 0 Å². The summed E-state index contributed by atoms with van der Waals surface area (Å²) in [5.74, 6) is 0.716. The summed E-state index contributed by atoms with van der Waals surface area (Å²) in [5, 5.41) is 0. The van der Waals surface area contributed by atoms with Crippen LogP contribution in [-0.2, 0) is 6.54 Å². The molecule has 2 aromatic carbocycles. The third-order valence-corrected chi connectivity index (χ3v) is 3.20. The van der Waals surface area contributed by atoms with Crippen LogP contribution in [0, 0.1) is 6.92 Å². The van der Waals surface area contributed by atoms with Gasteiger partial charge in [-0.05, 0) is 24.6 Å². The molecule has 2 aromatic rings. The summed E-state index contributed by atoms with van der Waals surface area (Å²) < 4.78 is 5.25. The third kappa shape index (κ3) is 3.19. The van der Waals surface area contributed by atoms with E-state index >= 15 is 0 Å². The molecule has 3 heteroatoms. The molecule has 0 heterocycles. The van der Waals surface area contributed by atoms with E-state index < -0.39 is 0 Å². The second kappa shape index (κ2) is 5.65. The molecule has 0 unspecified atom stereocenters. The Kier molecular flexibility index (Phi) is 3.95. The van der Waals surface area contributed by atoms with Crippen LogP contribution >= 0.6 is 0 Å². The maximum atomic E-state index is 5.83. The second-order valence-electron chi connectivity index (χ2n) is 4.77. The number of hydrogen-bond acceptors (Lipinski definition) is 3. The van der Waals surface area contributed by atoms with Gasteiger partial charge in [-0.15, -0.1) is 0 Å². The lowest BCUT2D eigenvalue weighted by atomic mass is 10.1. The van der Waals surface area contributed by atoms with Crippen molar-refractivity contribution in [3.05, 3.63) is 53.6 Å². The maximum absolute atomic E-state index is 5.83. The highest BCUT2D eigenvalue weighted by molar-refractivity contribution is 5.62. The molecule has 0 aromatic heterocycles. The molecule has 0 atom stereocenters. The number of rotatable bonds is 4. The Bertz CT molecular complexity index is 549. The SMILES string of the molecule is COc1cc(N(C)Cc2ccc(C)cc2)ccc1N. The van der Waals surface area contributed by atoms with Gasteiger partial charge in [-0.3, -0.25) is 0 Å². The summed E-state index contributed by atoms with van der Waals surface area (Å²) in [7, 11) is 3.69. The number of nitrogens with zero attached hydrogens (tertiary/aromatic N) is 1. The van der Waals surface area contributed by atoms with E-state index in [1.165, 1.54) is 11.1 Å². The van der Waals surface area contributed by atoms with E-state index in [0.717, 1.165) is 12.2 Å². The molecule has 0 aliphatic heterocycles. The van der Waals surface area contributed by atoms with Crippen molar-refractivity contribution >= 4 is 11.4 Å². The summed E-state index contributed by atoms with van der Waals surface area (Å²) in [5.41, 5.74) is 10.1. The van der Waals surface area contributed by atoms with Crippen LogP contribution < -0.4 is 15.4 Å². The van der Waals surface area contributed by atoms with Gasteiger partial charge in [0.15, 0.2) is 0 Å². The number of aryl methyl sites for hydroxylation is 1. The van der Waals surface area contributed by atoms with E-state index in [1.807, 2.05) is 18.2 Å². The van der Waals surface area contributed by atoms with Crippen molar-refractivity contribution in [1.29, 1.82) is 0 Å². The standard InChI is InChI=1S/C16H20N2O/c1-12-4-6-13(7-5-12)11-18(2)14-8-9-15(17)16(10-14)19-3/h4-10H,11,17H2,1-3H3. The molecule has 0 spiro atoms. The molecular weight excluding hydrogens is 236 g/mol. The predicted octanol–water partition coefficient (Wildman–Crippen LogP) is 3.22. The molecule has 0 amide bonds. The van der Waals surface area contributed by atoms with Gasteiger partial charge < -0.3 is 15.4 Å². The molecule has 19 heavy (non-hydrogen) atoms. The van der Waals surface area contributed by atoms with Crippen molar-refractivity contribution in [2.75, 3.05) is 24.8 Å². The number of hydrogen-bond donors (Lipinski definition) is 1. The minimum atomic E-state index is 0.662. The second-order valence-corrected chi connectivity index (χ2v) is 4.77. The Hall–Kier alpha value is -2.16. The summed E-state index contributed by atoms with van der Waals surface area (Å²) in [6, 6.07) is 14.4. The fraction of sp³-hybridized carbons (Fsp3) is 0.250. The molecule has 0 fully saturated rings. The number of ether oxygens (including phenoxy) is 1. The zero-order valence-electron chi connectivity index (χ0n) is 11.7. The van der Waals surface area contributed by atoms with E-state index in [1.54, 1.807) is 7.11 Å². The Labute approximate surface area is 114 Å². The summed E-state index contributed by atoms with van der Waals surface area (Å²) >= 11 is 0. The maximum Gasteiger partial charge on any atom is 0.143 e. The van der Waals surface area contributed by atoms with Gasteiger partial charge in [-0.25, -0.2) is 0 Å². The Morgan fingerprint density at radius 3 is 2.42 bits per heavy atom. The van der Waals surface area contributed by atoms with Crippen LogP contribution in [-0.4, -0.2) is 14.2 Å². The largest absolute Gasteiger partial charge is 0.495 e. The monoisotopic (exact) mass is 256 g/mol. The van der Waals surface area contributed by atoms with Gasteiger partial charge >= 0.3 is 0 Å². The quantitative estimate of drug-likeness (QED) is 0.854. The van der Waals surface area contributed by atoms with E-state index in [0.29, 0.717) is 11.4 Å². The van der Waals surface area contributed by atoms with Crippen LogP contribution in [0.5, 0.6) is 5.75 Å². The smallest absolute Gasteiger partial charge is 0.143 e. The average molecular weight is 256 g/mol. The summed E-state index contributed by atoms with van der Waals surface area (Å²) in [6.07, 6.45) is 0. The van der Waals surface area contributed by atoms with Gasteiger partial charge in [0.2, 0.25) is 0 Å². The molecule has 2 rings (SSSR count). The number of nitrogens with two attached hydrogens (primary N) is 1. The molecule has 100 valence electrons. The van der Waals surface area contributed by atoms with Crippen LogP contribution in [0.1, 0.15) is 11.1 Å². The number of nitrogen functional groups attached to an aromatic ring is 1. The van der Waals surface area contributed by atoms with Crippen molar-refractivity contribution in [1.82, 2.24) is 0 Å². The highest BCUT2D eigenvalue weighted by Crippen LogP contribution is 2.27. The van der Waals surface area contributed by atoms with Gasteiger partial charge in [0.05, 0.1) is 12.8 Å². The van der Waals surface area contributed by atoms with Crippen LogP contribution in [0.25, 0.3) is 0 Å². The number of anilines is 2. The fourth-order valence-electron chi connectivity index (χ4n) is 2.00. The van der Waals surface area contributed by atoms with Crippen molar-refractivity contribution < 1.29 is 4.74 Å². The number of methoxy groups -OCH3 is 1. The molecule has 0 aliphatic rings. The Morgan fingerprint density at radius 2 is 1.79 bits per heavy atom. The molecular formula is C16H20N2O. The molecule has 0 saturated carbocycles. The molecule has 2 N–H and O–H groups in total. The van der Waals surface area contributed by atoms with Crippen molar-refractivity contribution in [2.24, 2.45) is 0 Å². The first-order chi connectivity index (χ1) is 9.10. The van der Waals surface area contributed by atoms with Crippen molar-refractivity contribution in [3.8, 4) is 5.75 Å². The topological polar surface area (TPSA) is 38.5 Å². The molecule has 0 bridgehead atoms. The van der Waals surface area contributed by atoms with Gasteiger partial charge in [-0.1, -0.05) is 29.8 Å². The summed E-state index contributed by atoms with van der Waals surface area (Å²) in [4.78, 5) is 2.17. The van der Waals surface area contributed by atoms with Gasteiger partial charge in [0.1, 0.15) is 5.75 Å². The minimum Gasteiger partial charge on any atom is -0.495 e.